The van der Waals surface area contributed by atoms with Crippen LogP contribution >= 0.6 is 11.6 Å². The van der Waals surface area contributed by atoms with E-state index < -0.39 is 12.8 Å². The van der Waals surface area contributed by atoms with Crippen LogP contribution in [0.25, 0.3) is 0 Å². The van der Waals surface area contributed by atoms with Gasteiger partial charge < -0.3 is 10.1 Å². The molecule has 3 nitrogen and oxygen atoms in total. The molecule has 0 saturated carbocycles. The molecule has 0 aliphatic heterocycles. The van der Waals surface area contributed by atoms with Gasteiger partial charge in [-0.15, -0.1) is 0 Å². The molecular weight excluding hydrogens is 355 g/mol. The van der Waals surface area contributed by atoms with Crippen molar-refractivity contribution in [3.63, 3.8) is 0 Å². The minimum Gasteiger partial charge on any atom is -0.484 e. The largest absolute Gasteiger partial charge is 0.484 e. The first-order valence-electron chi connectivity index (χ1n) is 7.61. The van der Waals surface area contributed by atoms with Crippen molar-refractivity contribution < 1.29 is 22.7 Å². The Balaban J connectivity index is 1.73. The predicted molar refractivity (Wildman–Crippen MR) is 89.6 cm³/mol. The molecule has 0 saturated heterocycles. The monoisotopic (exact) mass is 371 g/mol. The molecule has 0 atom stereocenters. The molecule has 0 fully saturated rings. The number of aryl methyl sites for hydroxylation is 1. The molecule has 0 radical (unpaired) electrons. The van der Waals surface area contributed by atoms with Gasteiger partial charge in [0.15, 0.2) is 6.61 Å². The van der Waals surface area contributed by atoms with E-state index in [2.05, 4.69) is 10.1 Å². The molecule has 1 amide bonds. The van der Waals surface area contributed by atoms with Gasteiger partial charge in [0.25, 0.3) is 0 Å². The van der Waals surface area contributed by atoms with Crippen LogP contribution in [0.4, 0.5) is 13.2 Å². The number of alkyl halides is 3. The van der Waals surface area contributed by atoms with Gasteiger partial charge in [0, 0.05) is 18.0 Å². The number of carbonyl (C=O) groups is 1. The highest BCUT2D eigenvalue weighted by molar-refractivity contribution is 6.30. The maximum atomic E-state index is 12.1. The smallest absolute Gasteiger partial charge is 0.422 e. The van der Waals surface area contributed by atoms with E-state index in [1.165, 1.54) is 12.1 Å². The zero-order valence-electron chi connectivity index (χ0n) is 13.3. The zero-order valence-corrected chi connectivity index (χ0v) is 14.0. The van der Waals surface area contributed by atoms with Gasteiger partial charge in [0.1, 0.15) is 5.75 Å². The lowest BCUT2D eigenvalue weighted by molar-refractivity contribution is -0.153. The number of carbonyl (C=O) groups excluding carboxylic acids is 1. The Morgan fingerprint density at radius 1 is 1.00 bits per heavy atom. The van der Waals surface area contributed by atoms with E-state index in [4.69, 9.17) is 11.6 Å². The van der Waals surface area contributed by atoms with Crippen LogP contribution in [-0.4, -0.2) is 18.7 Å². The summed E-state index contributed by atoms with van der Waals surface area (Å²) in [5.41, 5.74) is 1.80. The van der Waals surface area contributed by atoms with Gasteiger partial charge in [0.05, 0.1) is 0 Å². The Morgan fingerprint density at radius 2 is 1.60 bits per heavy atom. The number of hydrogen-bond donors (Lipinski definition) is 1. The van der Waals surface area contributed by atoms with Crippen LogP contribution in [0.1, 0.15) is 17.5 Å². The van der Waals surface area contributed by atoms with Crippen LogP contribution in [0.3, 0.4) is 0 Å². The van der Waals surface area contributed by atoms with E-state index in [0.29, 0.717) is 24.4 Å². The molecule has 2 rings (SSSR count). The van der Waals surface area contributed by atoms with Gasteiger partial charge in [-0.1, -0.05) is 35.9 Å². The Bertz CT molecular complexity index is 685. The first-order valence-corrected chi connectivity index (χ1v) is 7.99. The highest BCUT2D eigenvalue weighted by Crippen LogP contribution is 2.18. The number of hydrogen-bond acceptors (Lipinski definition) is 2. The lowest BCUT2D eigenvalue weighted by Crippen LogP contribution is -2.23. The molecular formula is C18H17ClF3NO2. The summed E-state index contributed by atoms with van der Waals surface area (Å²) in [5, 5.41) is 3.42. The van der Waals surface area contributed by atoms with Crippen molar-refractivity contribution in [2.24, 2.45) is 0 Å². The average Bonchev–Trinajstić information content (AvgIpc) is 2.58. The predicted octanol–water partition coefficient (Wildman–Crippen LogP) is 4.53. The van der Waals surface area contributed by atoms with E-state index in [1.807, 2.05) is 12.1 Å². The summed E-state index contributed by atoms with van der Waals surface area (Å²) in [6.45, 7) is -1.02. The highest BCUT2D eigenvalue weighted by Gasteiger charge is 2.28. The molecule has 25 heavy (non-hydrogen) atoms. The SMILES string of the molecule is O=C(CCc1ccc(Cl)cc1)NCc1ccc(OCC(F)(F)F)cc1. The minimum absolute atomic E-state index is 0.104. The van der Waals surface area contributed by atoms with Crippen molar-refractivity contribution in [1.82, 2.24) is 5.32 Å². The van der Waals surface area contributed by atoms with Crippen molar-refractivity contribution >= 4 is 17.5 Å². The van der Waals surface area contributed by atoms with E-state index in [9.17, 15) is 18.0 Å². The average molecular weight is 372 g/mol. The van der Waals surface area contributed by atoms with Crippen LogP contribution in [0.15, 0.2) is 48.5 Å². The normalized spacial score (nSPS) is 11.2. The fourth-order valence-electron chi connectivity index (χ4n) is 2.07. The first-order chi connectivity index (χ1) is 11.8. The second-order valence-electron chi connectivity index (χ2n) is 5.45. The minimum atomic E-state index is -4.36. The topological polar surface area (TPSA) is 38.3 Å². The Labute approximate surface area is 148 Å². The van der Waals surface area contributed by atoms with Crippen molar-refractivity contribution in [2.45, 2.75) is 25.6 Å². The van der Waals surface area contributed by atoms with Gasteiger partial charge in [0.2, 0.25) is 5.91 Å². The van der Waals surface area contributed by atoms with Crippen LogP contribution in [0, 0.1) is 0 Å². The second-order valence-corrected chi connectivity index (χ2v) is 5.89. The Kier molecular flexibility index (Phi) is 6.70. The number of rotatable bonds is 7. The standard InChI is InChI=1S/C18H17ClF3NO2/c19-15-6-1-13(2-7-15)5-10-17(24)23-11-14-3-8-16(9-4-14)25-12-18(20,21)22/h1-4,6-9H,5,10-12H2,(H,23,24). The summed E-state index contributed by atoms with van der Waals surface area (Å²) in [6.07, 6.45) is -3.42. The number of amides is 1. The van der Waals surface area contributed by atoms with E-state index in [0.717, 1.165) is 11.1 Å². The molecule has 7 heteroatoms. The Hall–Kier alpha value is -2.21. The van der Waals surface area contributed by atoms with Crippen molar-refractivity contribution in [1.29, 1.82) is 0 Å². The van der Waals surface area contributed by atoms with Crippen molar-refractivity contribution in [2.75, 3.05) is 6.61 Å². The molecule has 2 aromatic rings. The second kappa shape index (κ2) is 8.76. The molecule has 2 aromatic carbocycles. The van der Waals surface area contributed by atoms with E-state index >= 15 is 0 Å². The lowest BCUT2D eigenvalue weighted by atomic mass is 10.1. The van der Waals surface area contributed by atoms with Crippen molar-refractivity contribution in [3.8, 4) is 5.75 Å². The molecule has 0 aromatic heterocycles. The van der Waals surface area contributed by atoms with E-state index in [1.54, 1.807) is 24.3 Å². The molecule has 1 N–H and O–H groups in total. The van der Waals surface area contributed by atoms with Gasteiger partial charge in [-0.3, -0.25) is 4.79 Å². The fourth-order valence-corrected chi connectivity index (χ4v) is 2.19. The number of halogens is 4. The molecule has 0 bridgehead atoms. The van der Waals surface area contributed by atoms with Crippen LogP contribution in [-0.2, 0) is 17.8 Å². The highest BCUT2D eigenvalue weighted by atomic mass is 35.5. The number of ether oxygens (including phenoxy) is 1. The number of nitrogens with one attached hydrogen (secondary N) is 1. The molecule has 134 valence electrons. The molecule has 0 spiro atoms. The van der Waals surface area contributed by atoms with Gasteiger partial charge >= 0.3 is 6.18 Å². The maximum Gasteiger partial charge on any atom is 0.422 e. The summed E-state index contributed by atoms with van der Waals surface area (Å²) in [7, 11) is 0. The lowest BCUT2D eigenvalue weighted by Gasteiger charge is -2.10. The zero-order chi connectivity index (χ0) is 18.3. The quantitative estimate of drug-likeness (QED) is 0.776. The van der Waals surface area contributed by atoms with Crippen LogP contribution in [0.2, 0.25) is 5.02 Å². The third kappa shape index (κ3) is 7.47. The third-order valence-corrected chi connectivity index (χ3v) is 3.62. The summed E-state index contributed by atoms with van der Waals surface area (Å²) in [5.74, 6) is 0.0301. The number of benzene rings is 2. The van der Waals surface area contributed by atoms with E-state index in [-0.39, 0.29) is 11.7 Å². The van der Waals surface area contributed by atoms with Crippen LogP contribution in [0.5, 0.6) is 5.75 Å². The van der Waals surface area contributed by atoms with Crippen molar-refractivity contribution in [3.05, 3.63) is 64.7 Å². The Morgan fingerprint density at radius 3 is 2.20 bits per heavy atom. The fraction of sp³-hybridized carbons (Fsp3) is 0.278. The third-order valence-electron chi connectivity index (χ3n) is 3.37. The molecule has 0 aliphatic rings. The van der Waals surface area contributed by atoms with Gasteiger partial charge in [-0.2, -0.15) is 13.2 Å². The summed E-state index contributed by atoms with van der Waals surface area (Å²) in [6, 6.07) is 13.4. The van der Waals surface area contributed by atoms with Gasteiger partial charge in [-0.25, -0.2) is 0 Å². The van der Waals surface area contributed by atoms with Crippen LogP contribution < -0.4 is 10.1 Å². The first kappa shape index (κ1) is 19.1. The molecule has 0 heterocycles. The maximum absolute atomic E-state index is 12.1. The summed E-state index contributed by atoms with van der Waals surface area (Å²) < 4.78 is 40.8. The molecule has 0 aliphatic carbocycles. The summed E-state index contributed by atoms with van der Waals surface area (Å²) in [4.78, 5) is 11.8. The van der Waals surface area contributed by atoms with Gasteiger partial charge in [-0.05, 0) is 41.8 Å². The summed E-state index contributed by atoms with van der Waals surface area (Å²) >= 11 is 5.80. The molecule has 0 unspecified atom stereocenters.